The van der Waals surface area contributed by atoms with Gasteiger partial charge in [-0.1, -0.05) is 72.0 Å². The smallest absolute Gasteiger partial charge is 0.0594 e. The monoisotopic (exact) mass is 430 g/mol. The lowest BCUT2D eigenvalue weighted by atomic mass is 9.43. The zero-order chi connectivity index (χ0) is 22.7. The van der Waals surface area contributed by atoms with Gasteiger partial charge in [-0.3, -0.25) is 0 Å². The number of hydrogen-bond acceptors (Lipinski definition) is 2. The molecule has 0 radical (unpaired) electrons. The number of fused-ring (bicyclic) bond motifs is 4. The minimum atomic E-state index is -0.139. The quantitative estimate of drug-likeness (QED) is 0.343. The van der Waals surface area contributed by atoms with E-state index >= 15 is 0 Å². The molecule has 4 aliphatic rings. The second-order valence-corrected chi connectivity index (χ2v) is 13.3. The Balaban J connectivity index is 1.61. The summed E-state index contributed by atoms with van der Waals surface area (Å²) < 4.78 is 0. The maximum absolute atomic E-state index is 10.8. The van der Waals surface area contributed by atoms with Gasteiger partial charge in [-0.15, -0.1) is 0 Å². The van der Waals surface area contributed by atoms with Gasteiger partial charge in [-0.2, -0.15) is 0 Å². The second-order valence-electron chi connectivity index (χ2n) is 13.3. The summed E-state index contributed by atoms with van der Waals surface area (Å²) in [4.78, 5) is 0. The van der Waals surface area contributed by atoms with E-state index < -0.39 is 0 Å². The Morgan fingerprint density at radius 1 is 0.871 bits per heavy atom. The number of hydrogen-bond donors (Lipinski definition) is 2. The molecular weight excluding hydrogens is 380 g/mol. The zero-order valence-electron chi connectivity index (χ0n) is 21.4. The fourth-order valence-electron chi connectivity index (χ4n) is 9.59. The summed E-state index contributed by atoms with van der Waals surface area (Å²) in [6, 6.07) is 0. The topological polar surface area (TPSA) is 40.5 Å². The number of unbranched alkanes of at least 4 members (excludes halogenated alkanes) is 2. The standard InChI is InChI=1S/C29H50O2/c1-20(10-8-7-9-19-30)21-13-17-29(6)23-11-12-24-26(2,3)25(31)15-16-27(24,4)22(23)14-18-28(21,29)5/h20-21,24-25,30-31H,7-19H2,1-6H3/t20-,21-,24?,25?,27-,28-,29+/m1/s1. The fourth-order valence-corrected chi connectivity index (χ4v) is 9.59. The van der Waals surface area contributed by atoms with Gasteiger partial charge in [0.15, 0.2) is 0 Å². The highest BCUT2D eigenvalue weighted by molar-refractivity contribution is 5.38. The molecule has 0 bridgehead atoms. The first kappa shape index (κ1) is 23.8. The van der Waals surface area contributed by atoms with Crippen molar-refractivity contribution in [1.82, 2.24) is 0 Å². The minimum absolute atomic E-state index is 0.0362. The third-order valence-corrected chi connectivity index (χ3v) is 11.8. The van der Waals surface area contributed by atoms with E-state index in [1.807, 2.05) is 11.1 Å². The van der Waals surface area contributed by atoms with Crippen molar-refractivity contribution < 1.29 is 10.2 Å². The molecule has 0 saturated heterocycles. The molecule has 0 amide bonds. The maximum atomic E-state index is 10.8. The van der Waals surface area contributed by atoms with E-state index in [4.69, 9.17) is 5.11 Å². The van der Waals surface area contributed by atoms with Crippen molar-refractivity contribution in [3.63, 3.8) is 0 Å². The van der Waals surface area contributed by atoms with Crippen molar-refractivity contribution in [2.45, 2.75) is 125 Å². The van der Waals surface area contributed by atoms with Gasteiger partial charge >= 0.3 is 0 Å². The number of allylic oxidation sites excluding steroid dienone is 2. The second kappa shape index (κ2) is 8.15. The van der Waals surface area contributed by atoms with Gasteiger partial charge in [0.05, 0.1) is 6.10 Å². The average Bonchev–Trinajstić information content (AvgIpc) is 3.00. The van der Waals surface area contributed by atoms with Crippen LogP contribution in [0.3, 0.4) is 0 Å². The van der Waals surface area contributed by atoms with Gasteiger partial charge in [0, 0.05) is 6.61 Å². The van der Waals surface area contributed by atoms with Crippen LogP contribution in [-0.2, 0) is 0 Å². The zero-order valence-corrected chi connectivity index (χ0v) is 21.4. The van der Waals surface area contributed by atoms with Crippen LogP contribution in [0.4, 0.5) is 0 Å². The van der Waals surface area contributed by atoms with Gasteiger partial charge in [0.2, 0.25) is 0 Å². The van der Waals surface area contributed by atoms with Crippen molar-refractivity contribution in [1.29, 1.82) is 0 Å². The molecule has 4 aliphatic carbocycles. The van der Waals surface area contributed by atoms with Crippen molar-refractivity contribution in [2.75, 3.05) is 6.61 Å². The summed E-state index contributed by atoms with van der Waals surface area (Å²) in [7, 11) is 0. The normalized spacial score (nSPS) is 45.1. The predicted molar refractivity (Wildman–Crippen MR) is 130 cm³/mol. The fraction of sp³-hybridized carbons (Fsp3) is 0.931. The van der Waals surface area contributed by atoms with Crippen molar-refractivity contribution >= 4 is 0 Å². The van der Waals surface area contributed by atoms with Crippen LogP contribution in [0.15, 0.2) is 11.1 Å². The summed E-state index contributed by atoms with van der Waals surface area (Å²) in [6.07, 6.45) is 14.7. The molecule has 2 nitrogen and oxygen atoms in total. The van der Waals surface area contributed by atoms with Gasteiger partial charge in [0.25, 0.3) is 0 Å². The Morgan fingerprint density at radius 2 is 1.61 bits per heavy atom. The number of aliphatic hydroxyl groups is 2. The molecule has 7 atom stereocenters. The van der Waals surface area contributed by atoms with Crippen LogP contribution in [0.5, 0.6) is 0 Å². The molecule has 178 valence electrons. The minimum Gasteiger partial charge on any atom is -0.396 e. The molecule has 0 spiro atoms. The Morgan fingerprint density at radius 3 is 2.32 bits per heavy atom. The molecule has 0 aromatic rings. The van der Waals surface area contributed by atoms with Crippen LogP contribution in [0.2, 0.25) is 0 Å². The lowest BCUT2D eigenvalue weighted by Gasteiger charge is -2.62. The van der Waals surface area contributed by atoms with Crippen LogP contribution in [-0.4, -0.2) is 22.9 Å². The molecule has 0 aromatic heterocycles. The van der Waals surface area contributed by atoms with Crippen LogP contribution < -0.4 is 0 Å². The Hall–Kier alpha value is -0.340. The molecule has 0 aliphatic heterocycles. The molecule has 2 saturated carbocycles. The summed E-state index contributed by atoms with van der Waals surface area (Å²) in [5, 5.41) is 19.9. The predicted octanol–water partition coefficient (Wildman–Crippen LogP) is 7.29. The highest BCUT2D eigenvalue weighted by Crippen LogP contribution is 2.72. The van der Waals surface area contributed by atoms with E-state index in [1.54, 1.807) is 0 Å². The molecule has 2 fully saturated rings. The largest absolute Gasteiger partial charge is 0.396 e. The third kappa shape index (κ3) is 3.40. The molecule has 0 aromatic carbocycles. The summed E-state index contributed by atoms with van der Waals surface area (Å²) >= 11 is 0. The number of rotatable bonds is 6. The van der Waals surface area contributed by atoms with Crippen molar-refractivity contribution in [3.05, 3.63) is 11.1 Å². The van der Waals surface area contributed by atoms with Gasteiger partial charge in [-0.05, 0) is 97.2 Å². The summed E-state index contributed by atoms with van der Waals surface area (Å²) in [6.45, 7) is 15.4. The third-order valence-electron chi connectivity index (χ3n) is 11.8. The lowest BCUT2D eigenvalue weighted by Crippen LogP contribution is -2.55. The molecule has 31 heavy (non-hydrogen) atoms. The van der Waals surface area contributed by atoms with Crippen LogP contribution >= 0.6 is 0 Å². The summed E-state index contributed by atoms with van der Waals surface area (Å²) in [5.41, 5.74) is 4.85. The van der Waals surface area contributed by atoms with Gasteiger partial charge in [-0.25, -0.2) is 0 Å². The Kier molecular flexibility index (Phi) is 6.26. The van der Waals surface area contributed by atoms with Crippen molar-refractivity contribution in [3.8, 4) is 0 Å². The van der Waals surface area contributed by atoms with Gasteiger partial charge in [0.1, 0.15) is 0 Å². The summed E-state index contributed by atoms with van der Waals surface area (Å²) in [5.74, 6) is 2.26. The Labute approximate surface area is 192 Å². The highest BCUT2D eigenvalue weighted by atomic mass is 16.3. The molecule has 2 N–H and O–H groups in total. The SMILES string of the molecule is C[C@H](CCCCCO)[C@H]1CC[C@@]2(C)C3=C(CC[C@]12C)[C@@]1(C)CCC(O)C(C)(C)C1CC3. The first-order valence-electron chi connectivity index (χ1n) is 13.5. The van der Waals surface area contributed by atoms with Crippen LogP contribution in [0.25, 0.3) is 0 Å². The molecule has 2 heteroatoms. The van der Waals surface area contributed by atoms with Crippen LogP contribution in [0, 0.1) is 39.4 Å². The number of aliphatic hydroxyl groups excluding tert-OH is 2. The van der Waals surface area contributed by atoms with Gasteiger partial charge < -0.3 is 10.2 Å². The van der Waals surface area contributed by atoms with E-state index in [2.05, 4.69) is 41.5 Å². The molecule has 4 rings (SSSR count). The highest BCUT2D eigenvalue weighted by Gasteiger charge is 2.63. The molecule has 2 unspecified atom stereocenters. The van der Waals surface area contributed by atoms with E-state index in [-0.39, 0.29) is 11.5 Å². The molecular formula is C29H50O2. The van der Waals surface area contributed by atoms with Crippen molar-refractivity contribution in [2.24, 2.45) is 39.4 Å². The first-order valence-corrected chi connectivity index (χ1v) is 13.5. The van der Waals surface area contributed by atoms with Crippen LogP contribution in [0.1, 0.15) is 119 Å². The van der Waals surface area contributed by atoms with E-state index in [1.165, 1.54) is 64.2 Å². The lowest BCUT2D eigenvalue weighted by molar-refractivity contribution is -0.0962. The van der Waals surface area contributed by atoms with E-state index in [9.17, 15) is 5.11 Å². The maximum Gasteiger partial charge on any atom is 0.0594 e. The molecule has 0 heterocycles. The Bertz CT molecular complexity index is 708. The van der Waals surface area contributed by atoms with E-state index in [0.717, 1.165) is 24.7 Å². The average molecular weight is 431 g/mol. The first-order chi connectivity index (χ1) is 14.5. The van der Waals surface area contributed by atoms with E-state index in [0.29, 0.717) is 28.8 Å².